The number of aromatic nitrogens is 1. The molecule has 0 saturated heterocycles. The van der Waals surface area contributed by atoms with Crippen LogP contribution in [0.15, 0.2) is 17.3 Å². The highest BCUT2D eigenvalue weighted by molar-refractivity contribution is 5.94. The van der Waals surface area contributed by atoms with Crippen LogP contribution in [0.2, 0.25) is 0 Å². The van der Waals surface area contributed by atoms with Gasteiger partial charge in [-0.3, -0.25) is 4.98 Å². The van der Waals surface area contributed by atoms with Crippen LogP contribution in [-0.4, -0.2) is 29.6 Å². The first-order chi connectivity index (χ1) is 11.8. The van der Waals surface area contributed by atoms with E-state index < -0.39 is 0 Å². The van der Waals surface area contributed by atoms with Crippen molar-refractivity contribution in [1.29, 1.82) is 0 Å². The van der Waals surface area contributed by atoms with Crippen LogP contribution in [0.4, 0.5) is 0 Å². The Hall–Kier alpha value is -1.58. The Balaban J connectivity index is 1.40. The third-order valence-electron chi connectivity index (χ3n) is 5.90. The molecule has 0 radical (unpaired) electrons. The Kier molecular flexibility index (Phi) is 3.53. The summed E-state index contributed by atoms with van der Waals surface area (Å²) in [4.78, 5) is 9.63. The lowest BCUT2D eigenvalue weighted by Crippen LogP contribution is -2.30. The highest BCUT2D eigenvalue weighted by atomic mass is 16.5. The van der Waals surface area contributed by atoms with Crippen LogP contribution in [0, 0.1) is 5.92 Å². The van der Waals surface area contributed by atoms with E-state index in [-0.39, 0.29) is 5.54 Å². The Bertz CT molecular complexity index is 656. The van der Waals surface area contributed by atoms with Crippen molar-refractivity contribution in [2.75, 3.05) is 13.2 Å². The molecule has 2 heterocycles. The van der Waals surface area contributed by atoms with Gasteiger partial charge in [0.1, 0.15) is 18.1 Å². The van der Waals surface area contributed by atoms with E-state index in [0.29, 0.717) is 5.92 Å². The van der Waals surface area contributed by atoms with Crippen molar-refractivity contribution in [2.24, 2.45) is 10.9 Å². The summed E-state index contributed by atoms with van der Waals surface area (Å²) < 4.78 is 12.1. The minimum Gasteiger partial charge on any atom is -0.493 e. The lowest BCUT2D eigenvalue weighted by atomic mass is 9.83. The second kappa shape index (κ2) is 5.75. The van der Waals surface area contributed by atoms with Crippen LogP contribution >= 0.6 is 0 Å². The number of hydrogen-bond acceptors (Lipinski definition) is 4. The van der Waals surface area contributed by atoms with E-state index in [4.69, 9.17) is 14.5 Å². The van der Waals surface area contributed by atoms with Crippen LogP contribution in [0.1, 0.15) is 75.0 Å². The number of nitrogens with zero attached hydrogens (tertiary/aromatic N) is 2. The van der Waals surface area contributed by atoms with Gasteiger partial charge in [-0.25, -0.2) is 4.99 Å². The van der Waals surface area contributed by atoms with Crippen molar-refractivity contribution < 1.29 is 9.47 Å². The fraction of sp³-hybridized carbons (Fsp3) is 0.700. The number of pyridine rings is 1. The van der Waals surface area contributed by atoms with E-state index in [1.54, 1.807) is 0 Å². The summed E-state index contributed by atoms with van der Waals surface area (Å²) in [6, 6.07) is 2.08. The molecule has 1 aromatic heterocycles. The number of aliphatic imine (C=N–C) groups is 1. The van der Waals surface area contributed by atoms with Crippen LogP contribution < -0.4 is 4.74 Å². The van der Waals surface area contributed by atoms with Crippen molar-refractivity contribution in [2.45, 2.75) is 69.2 Å². The third-order valence-corrected chi connectivity index (χ3v) is 5.90. The zero-order chi connectivity index (χ0) is 16.0. The normalized spacial score (nSPS) is 25.4. The fourth-order valence-corrected chi connectivity index (χ4v) is 3.96. The SMILES string of the molecule is c1c(C2=NC3(CCCCC3)CO2)ncc(C2CC2)c1OCC1CC1. The molecule has 4 aliphatic rings. The first-order valence-corrected chi connectivity index (χ1v) is 9.67. The molecule has 3 saturated carbocycles. The fourth-order valence-electron chi connectivity index (χ4n) is 3.96. The minimum absolute atomic E-state index is 0.0272. The van der Waals surface area contributed by atoms with Gasteiger partial charge in [0, 0.05) is 17.8 Å². The summed E-state index contributed by atoms with van der Waals surface area (Å²) in [6.45, 7) is 1.58. The minimum atomic E-state index is 0.0272. The molecule has 128 valence electrons. The second-order valence-corrected chi connectivity index (χ2v) is 8.13. The molecule has 24 heavy (non-hydrogen) atoms. The van der Waals surface area contributed by atoms with Gasteiger partial charge in [-0.2, -0.15) is 0 Å². The molecule has 0 unspecified atom stereocenters. The molecule has 1 aliphatic heterocycles. The molecular formula is C20H26N2O2. The molecule has 3 fully saturated rings. The maximum absolute atomic E-state index is 6.15. The summed E-state index contributed by atoms with van der Waals surface area (Å²) in [6.07, 6.45) is 13.3. The Labute approximate surface area is 143 Å². The lowest BCUT2D eigenvalue weighted by Gasteiger charge is -2.27. The first kappa shape index (κ1) is 14.7. The number of rotatable bonds is 5. The predicted molar refractivity (Wildman–Crippen MR) is 92.7 cm³/mol. The maximum Gasteiger partial charge on any atom is 0.236 e. The molecule has 5 rings (SSSR count). The Morgan fingerprint density at radius 2 is 1.96 bits per heavy atom. The van der Waals surface area contributed by atoms with Gasteiger partial charge in [-0.1, -0.05) is 19.3 Å². The summed E-state index contributed by atoms with van der Waals surface area (Å²) in [7, 11) is 0. The molecule has 4 heteroatoms. The second-order valence-electron chi connectivity index (χ2n) is 8.13. The molecule has 0 amide bonds. The highest BCUT2D eigenvalue weighted by Gasteiger charge is 2.39. The van der Waals surface area contributed by atoms with Crippen molar-refractivity contribution >= 4 is 5.90 Å². The largest absolute Gasteiger partial charge is 0.493 e. The summed E-state index contributed by atoms with van der Waals surface area (Å²) >= 11 is 0. The van der Waals surface area contributed by atoms with E-state index >= 15 is 0 Å². The van der Waals surface area contributed by atoms with Gasteiger partial charge in [0.15, 0.2) is 0 Å². The quantitative estimate of drug-likeness (QED) is 0.813. The van der Waals surface area contributed by atoms with E-state index in [1.165, 1.54) is 50.5 Å². The van der Waals surface area contributed by atoms with E-state index in [1.807, 2.05) is 6.20 Å². The monoisotopic (exact) mass is 326 g/mol. The smallest absolute Gasteiger partial charge is 0.236 e. The van der Waals surface area contributed by atoms with Crippen molar-refractivity contribution in [3.05, 3.63) is 23.5 Å². The topological polar surface area (TPSA) is 43.7 Å². The van der Waals surface area contributed by atoms with Crippen LogP contribution in [0.25, 0.3) is 0 Å². The van der Waals surface area contributed by atoms with Gasteiger partial charge in [-0.15, -0.1) is 0 Å². The average Bonchev–Trinajstić information content (AvgIpc) is 3.53. The van der Waals surface area contributed by atoms with Gasteiger partial charge >= 0.3 is 0 Å². The van der Waals surface area contributed by atoms with E-state index in [0.717, 1.165) is 49.3 Å². The first-order valence-electron chi connectivity index (χ1n) is 9.67. The standard InChI is InChI=1S/C20H26N2O2/c1-2-8-20(9-3-1)13-24-19(22-20)17-10-18(23-12-14-4-5-14)16(11-21-17)15-6-7-15/h10-11,14-15H,1-9,12-13H2. The van der Waals surface area contributed by atoms with Gasteiger partial charge in [0.05, 0.1) is 12.1 Å². The number of hydrogen-bond donors (Lipinski definition) is 0. The Morgan fingerprint density at radius 3 is 2.71 bits per heavy atom. The van der Waals surface area contributed by atoms with Crippen LogP contribution in [0.3, 0.4) is 0 Å². The van der Waals surface area contributed by atoms with Gasteiger partial charge in [0.2, 0.25) is 5.90 Å². The zero-order valence-corrected chi connectivity index (χ0v) is 14.3. The zero-order valence-electron chi connectivity index (χ0n) is 14.3. The summed E-state index contributed by atoms with van der Waals surface area (Å²) in [5, 5.41) is 0. The molecule has 1 spiro atoms. The van der Waals surface area contributed by atoms with Gasteiger partial charge in [-0.05, 0) is 50.4 Å². The van der Waals surface area contributed by atoms with Gasteiger partial charge < -0.3 is 9.47 Å². The summed E-state index contributed by atoms with van der Waals surface area (Å²) in [5.74, 6) is 3.16. The predicted octanol–water partition coefficient (Wildman–Crippen LogP) is 4.23. The number of ether oxygens (including phenoxy) is 2. The van der Waals surface area contributed by atoms with Crippen molar-refractivity contribution in [1.82, 2.24) is 4.98 Å². The van der Waals surface area contributed by atoms with Crippen LogP contribution in [0.5, 0.6) is 5.75 Å². The molecule has 0 aromatic carbocycles. The molecule has 3 aliphatic carbocycles. The van der Waals surface area contributed by atoms with Gasteiger partial charge in [0.25, 0.3) is 0 Å². The average molecular weight is 326 g/mol. The molecule has 4 nitrogen and oxygen atoms in total. The lowest BCUT2D eigenvalue weighted by molar-refractivity contribution is 0.207. The van der Waals surface area contributed by atoms with E-state index in [9.17, 15) is 0 Å². The molecule has 0 bridgehead atoms. The molecule has 0 N–H and O–H groups in total. The van der Waals surface area contributed by atoms with Crippen molar-refractivity contribution in [3.8, 4) is 5.75 Å². The Morgan fingerprint density at radius 1 is 1.12 bits per heavy atom. The summed E-state index contributed by atoms with van der Waals surface area (Å²) in [5.41, 5.74) is 2.16. The van der Waals surface area contributed by atoms with Crippen LogP contribution in [-0.2, 0) is 4.74 Å². The van der Waals surface area contributed by atoms with E-state index in [2.05, 4.69) is 11.1 Å². The highest BCUT2D eigenvalue weighted by Crippen LogP contribution is 2.45. The molecule has 0 atom stereocenters. The maximum atomic E-state index is 6.15. The van der Waals surface area contributed by atoms with Crippen molar-refractivity contribution in [3.63, 3.8) is 0 Å². The molecule has 1 aromatic rings. The third kappa shape index (κ3) is 2.91. The molecular weight excluding hydrogens is 300 g/mol.